The van der Waals surface area contributed by atoms with Crippen LogP contribution in [0.4, 0.5) is 4.79 Å². The van der Waals surface area contributed by atoms with Gasteiger partial charge in [0.15, 0.2) is 0 Å². The average molecular weight is 418 g/mol. The lowest BCUT2D eigenvalue weighted by molar-refractivity contribution is 0.0209. The topological polar surface area (TPSA) is 84.7 Å². The molecule has 1 N–H and O–H groups in total. The Morgan fingerprint density at radius 3 is 2.79 bits per heavy atom. The van der Waals surface area contributed by atoms with Crippen LogP contribution in [-0.4, -0.2) is 45.8 Å². The van der Waals surface area contributed by atoms with E-state index in [2.05, 4.69) is 10.5 Å². The van der Waals surface area contributed by atoms with Crippen LogP contribution in [0.3, 0.4) is 0 Å². The summed E-state index contributed by atoms with van der Waals surface area (Å²) in [5.74, 6) is -0.209. The Kier molecular flexibility index (Phi) is 5.02. The summed E-state index contributed by atoms with van der Waals surface area (Å²) in [6, 6.07) is 8.69. The fourth-order valence-corrected chi connectivity index (χ4v) is 4.34. The van der Waals surface area contributed by atoms with Crippen molar-refractivity contribution in [3.05, 3.63) is 41.1 Å². The third-order valence-corrected chi connectivity index (χ3v) is 5.55. The molecule has 8 heteroatoms. The molecule has 2 amide bonds. The first kappa shape index (κ1) is 19.8. The molecule has 2 aromatic rings. The zero-order chi connectivity index (χ0) is 20.8. The zero-order valence-corrected chi connectivity index (χ0v) is 17.4. The van der Waals surface area contributed by atoms with Crippen molar-refractivity contribution in [1.29, 1.82) is 0 Å². The molecule has 2 bridgehead atoms. The smallest absolute Gasteiger partial charge is 0.410 e. The van der Waals surface area contributed by atoms with Crippen molar-refractivity contribution in [2.75, 3.05) is 0 Å². The molecule has 0 spiro atoms. The van der Waals surface area contributed by atoms with Gasteiger partial charge >= 0.3 is 6.09 Å². The molecule has 0 unspecified atom stereocenters. The summed E-state index contributed by atoms with van der Waals surface area (Å²) < 4.78 is 10.8. The predicted octanol–water partition coefficient (Wildman–Crippen LogP) is 4.27. The van der Waals surface area contributed by atoms with Gasteiger partial charge in [-0.15, -0.1) is 0 Å². The lowest BCUT2D eigenvalue weighted by atomic mass is 9.95. The SMILES string of the molecule is CC(C)(C)OC(=O)N1[C@H]2CC[C@@H]1[C@H](NC(=O)c1cc(-c3cccc(Cl)c3)no1)C2. The number of hydrogen-bond acceptors (Lipinski definition) is 5. The molecule has 29 heavy (non-hydrogen) atoms. The second kappa shape index (κ2) is 7.37. The number of nitrogens with zero attached hydrogens (tertiary/aromatic N) is 2. The summed E-state index contributed by atoms with van der Waals surface area (Å²) >= 11 is 6.01. The van der Waals surface area contributed by atoms with Crippen LogP contribution in [0.1, 0.15) is 50.6 Å². The highest BCUT2D eigenvalue weighted by atomic mass is 35.5. The standard InChI is InChI=1S/C21H24ClN3O4/c1-21(2,3)28-20(27)25-14-7-8-17(25)16(10-14)23-19(26)18-11-15(24-29-18)12-5-4-6-13(22)9-12/h4-6,9,11,14,16-17H,7-8,10H2,1-3H3,(H,23,26)/t14-,16+,17+/m0/s1. The Labute approximate surface area is 174 Å². The fraction of sp³-hybridized carbons (Fsp3) is 0.476. The van der Waals surface area contributed by atoms with Crippen LogP contribution in [0, 0.1) is 0 Å². The third kappa shape index (κ3) is 4.10. The molecule has 4 rings (SSSR count). The van der Waals surface area contributed by atoms with E-state index in [1.807, 2.05) is 32.9 Å². The number of fused-ring (bicyclic) bond motifs is 2. The second-order valence-electron chi connectivity index (χ2n) is 8.59. The highest BCUT2D eigenvalue weighted by molar-refractivity contribution is 6.30. The van der Waals surface area contributed by atoms with Crippen LogP contribution in [0.2, 0.25) is 5.02 Å². The van der Waals surface area contributed by atoms with Gasteiger partial charge in [0.2, 0.25) is 5.76 Å². The van der Waals surface area contributed by atoms with Gasteiger partial charge in [-0.3, -0.25) is 4.79 Å². The summed E-state index contributed by atoms with van der Waals surface area (Å²) in [6.45, 7) is 5.55. The van der Waals surface area contributed by atoms with Crippen molar-refractivity contribution in [1.82, 2.24) is 15.4 Å². The largest absolute Gasteiger partial charge is 0.444 e. The third-order valence-electron chi connectivity index (χ3n) is 5.31. The summed E-state index contributed by atoms with van der Waals surface area (Å²) in [5, 5.41) is 7.56. The van der Waals surface area contributed by atoms with Gasteiger partial charge in [0, 0.05) is 22.7 Å². The van der Waals surface area contributed by atoms with E-state index in [9.17, 15) is 9.59 Å². The fourth-order valence-electron chi connectivity index (χ4n) is 4.15. The number of aromatic nitrogens is 1. The van der Waals surface area contributed by atoms with Crippen molar-refractivity contribution >= 4 is 23.6 Å². The number of carbonyl (C=O) groups excluding carboxylic acids is 2. The van der Waals surface area contributed by atoms with Crippen molar-refractivity contribution in [3.63, 3.8) is 0 Å². The molecule has 154 valence electrons. The lowest BCUT2D eigenvalue weighted by Crippen LogP contribution is -2.46. The average Bonchev–Trinajstić information content (AvgIpc) is 3.34. The number of hydrogen-bond donors (Lipinski definition) is 1. The van der Waals surface area contributed by atoms with Crippen LogP contribution < -0.4 is 5.32 Å². The van der Waals surface area contributed by atoms with E-state index < -0.39 is 5.60 Å². The molecule has 2 aliphatic rings. The number of nitrogens with one attached hydrogen (secondary N) is 1. The van der Waals surface area contributed by atoms with E-state index in [0.29, 0.717) is 17.1 Å². The molecule has 3 heterocycles. The zero-order valence-electron chi connectivity index (χ0n) is 16.6. The summed E-state index contributed by atoms with van der Waals surface area (Å²) in [6.07, 6.45) is 2.17. The van der Waals surface area contributed by atoms with Crippen molar-refractivity contribution in [3.8, 4) is 11.3 Å². The van der Waals surface area contributed by atoms with Gasteiger partial charge in [0.05, 0.1) is 12.1 Å². The number of ether oxygens (including phenoxy) is 1. The summed E-state index contributed by atoms with van der Waals surface area (Å²) in [4.78, 5) is 27.0. The highest BCUT2D eigenvalue weighted by Gasteiger charge is 2.50. The molecule has 2 aliphatic heterocycles. The Hall–Kier alpha value is -2.54. The van der Waals surface area contributed by atoms with Crippen molar-refractivity contribution in [2.45, 2.75) is 63.8 Å². The number of carbonyl (C=O) groups is 2. The molecule has 2 fully saturated rings. The Balaban J connectivity index is 1.43. The number of amides is 2. The summed E-state index contributed by atoms with van der Waals surface area (Å²) in [7, 11) is 0. The maximum atomic E-state index is 12.7. The van der Waals surface area contributed by atoms with Crippen LogP contribution in [0.25, 0.3) is 11.3 Å². The maximum Gasteiger partial charge on any atom is 0.410 e. The van der Waals surface area contributed by atoms with E-state index in [1.54, 1.807) is 23.1 Å². The van der Waals surface area contributed by atoms with E-state index in [0.717, 1.165) is 18.4 Å². The van der Waals surface area contributed by atoms with Gasteiger partial charge < -0.3 is 19.5 Å². The van der Waals surface area contributed by atoms with Gasteiger partial charge in [-0.05, 0) is 52.2 Å². The monoisotopic (exact) mass is 417 g/mol. The van der Waals surface area contributed by atoms with Crippen LogP contribution in [0.5, 0.6) is 0 Å². The Morgan fingerprint density at radius 1 is 1.28 bits per heavy atom. The van der Waals surface area contributed by atoms with Gasteiger partial charge in [-0.25, -0.2) is 4.79 Å². The quantitative estimate of drug-likeness (QED) is 0.806. The first-order valence-corrected chi connectivity index (χ1v) is 10.1. The van der Waals surface area contributed by atoms with E-state index in [-0.39, 0.29) is 35.9 Å². The second-order valence-corrected chi connectivity index (χ2v) is 9.02. The van der Waals surface area contributed by atoms with Gasteiger partial charge in [0.1, 0.15) is 11.3 Å². The van der Waals surface area contributed by atoms with Gasteiger partial charge in [-0.2, -0.15) is 0 Å². The number of rotatable bonds is 3. The molecule has 0 saturated carbocycles. The van der Waals surface area contributed by atoms with E-state index in [1.165, 1.54) is 0 Å². The van der Waals surface area contributed by atoms with Crippen LogP contribution >= 0.6 is 11.6 Å². The molecular formula is C21H24ClN3O4. The molecule has 1 aromatic heterocycles. The Morgan fingerprint density at radius 2 is 2.07 bits per heavy atom. The predicted molar refractivity (Wildman–Crippen MR) is 108 cm³/mol. The number of benzene rings is 1. The van der Waals surface area contributed by atoms with Gasteiger partial charge in [-0.1, -0.05) is 28.9 Å². The highest BCUT2D eigenvalue weighted by Crippen LogP contribution is 2.39. The lowest BCUT2D eigenvalue weighted by Gasteiger charge is -2.28. The maximum absolute atomic E-state index is 12.7. The molecule has 3 atom stereocenters. The van der Waals surface area contributed by atoms with Crippen molar-refractivity contribution in [2.24, 2.45) is 0 Å². The molecule has 2 saturated heterocycles. The van der Waals surface area contributed by atoms with Gasteiger partial charge in [0.25, 0.3) is 5.91 Å². The first-order valence-electron chi connectivity index (χ1n) is 9.76. The van der Waals surface area contributed by atoms with E-state index in [4.69, 9.17) is 20.9 Å². The van der Waals surface area contributed by atoms with E-state index >= 15 is 0 Å². The minimum atomic E-state index is -0.547. The number of halogens is 1. The first-order chi connectivity index (χ1) is 13.7. The van der Waals surface area contributed by atoms with Crippen LogP contribution in [-0.2, 0) is 4.74 Å². The molecule has 0 aliphatic carbocycles. The van der Waals surface area contributed by atoms with Crippen molar-refractivity contribution < 1.29 is 18.8 Å². The molecular weight excluding hydrogens is 394 g/mol. The minimum absolute atomic E-state index is 0.0610. The molecule has 0 radical (unpaired) electrons. The summed E-state index contributed by atoms with van der Waals surface area (Å²) in [5.41, 5.74) is 0.770. The molecule has 1 aromatic carbocycles. The van der Waals surface area contributed by atoms with Crippen LogP contribution in [0.15, 0.2) is 34.9 Å². The molecule has 7 nitrogen and oxygen atoms in total. The normalized spacial score (nSPS) is 23.3. The minimum Gasteiger partial charge on any atom is -0.444 e. The Bertz CT molecular complexity index is 936.